The Balaban J connectivity index is 1.77. The molecule has 0 aromatic heterocycles. The molecule has 3 aromatic carbocycles. The Morgan fingerprint density at radius 1 is 0.676 bits per heavy atom. The van der Waals surface area contributed by atoms with Crippen LogP contribution in [-0.4, -0.2) is 3.21 Å². The monoisotopic (exact) mass is 524 g/mol. The number of rotatable bonds is 2. The average molecular weight is 526 g/mol. The molecule has 0 nitrogen and oxygen atoms in total. The average Bonchev–Trinajstić information content (AvgIpc) is 3.32. The predicted octanol–water partition coefficient (Wildman–Crippen LogP) is 8.95. The van der Waals surface area contributed by atoms with Crippen molar-refractivity contribution in [2.45, 2.75) is 73.5 Å². The van der Waals surface area contributed by atoms with E-state index in [1.165, 1.54) is 27.8 Å². The van der Waals surface area contributed by atoms with E-state index < -0.39 is 21.3 Å². The third-order valence-corrected chi connectivity index (χ3v) is 16.6. The fourth-order valence-corrected chi connectivity index (χ4v) is 14.7. The van der Waals surface area contributed by atoms with Crippen molar-refractivity contribution in [1.29, 1.82) is 0 Å². The van der Waals surface area contributed by atoms with Gasteiger partial charge >= 0.3 is 215 Å². The van der Waals surface area contributed by atoms with E-state index in [1.54, 1.807) is 19.9 Å². The van der Waals surface area contributed by atoms with Gasteiger partial charge in [0.05, 0.1) is 0 Å². The van der Waals surface area contributed by atoms with Crippen LogP contribution in [0, 0.1) is 0 Å². The van der Waals surface area contributed by atoms with Crippen molar-refractivity contribution in [1.82, 2.24) is 0 Å². The SMILES string of the molecule is C[C](C)=[Zr]([CH]1C=Cc2ccccc21)[CH]1c2cc(C(C)(C)C)ccc2-c2ccc(C(C)(C)C)cc21. The van der Waals surface area contributed by atoms with Crippen molar-refractivity contribution in [2.24, 2.45) is 0 Å². The van der Waals surface area contributed by atoms with Crippen molar-refractivity contribution in [3.8, 4) is 11.1 Å². The van der Waals surface area contributed by atoms with Crippen molar-refractivity contribution in [3.63, 3.8) is 0 Å². The van der Waals surface area contributed by atoms with E-state index in [-0.39, 0.29) is 10.8 Å². The molecule has 0 heterocycles. The zero-order valence-electron chi connectivity index (χ0n) is 22.1. The summed E-state index contributed by atoms with van der Waals surface area (Å²) in [6.45, 7) is 18.9. The summed E-state index contributed by atoms with van der Waals surface area (Å²) >= 11 is -2.22. The third-order valence-electron chi connectivity index (χ3n) is 7.77. The molecule has 0 aliphatic heterocycles. The van der Waals surface area contributed by atoms with Crippen LogP contribution in [-0.2, 0) is 32.1 Å². The second-order valence-electron chi connectivity index (χ2n) is 12.5. The molecule has 5 rings (SSSR count). The summed E-state index contributed by atoms with van der Waals surface area (Å²) in [6, 6.07) is 23.8. The Morgan fingerprint density at radius 2 is 1.21 bits per heavy atom. The number of benzene rings is 3. The molecule has 0 fully saturated rings. The minimum atomic E-state index is -2.22. The van der Waals surface area contributed by atoms with Gasteiger partial charge in [-0.3, -0.25) is 0 Å². The first-order valence-corrected chi connectivity index (χ1v) is 16.8. The Labute approximate surface area is 214 Å². The van der Waals surface area contributed by atoms with Crippen molar-refractivity contribution in [3.05, 3.63) is 100 Å². The second-order valence-corrected chi connectivity index (χ2v) is 20.1. The van der Waals surface area contributed by atoms with Crippen LogP contribution < -0.4 is 0 Å². The van der Waals surface area contributed by atoms with Gasteiger partial charge in [0.25, 0.3) is 0 Å². The van der Waals surface area contributed by atoms with Gasteiger partial charge in [-0.15, -0.1) is 0 Å². The van der Waals surface area contributed by atoms with Gasteiger partial charge in [-0.05, 0) is 0 Å². The first kappa shape index (κ1) is 23.9. The first-order chi connectivity index (χ1) is 16.0. The third kappa shape index (κ3) is 3.99. The van der Waals surface area contributed by atoms with Gasteiger partial charge in [0.15, 0.2) is 0 Å². The summed E-state index contributed by atoms with van der Waals surface area (Å²) < 4.78 is 2.87. The maximum absolute atomic E-state index is 2.57. The molecular weight excluding hydrogens is 488 g/mol. The molecule has 1 atom stereocenters. The van der Waals surface area contributed by atoms with Crippen LogP contribution in [0.2, 0.25) is 0 Å². The topological polar surface area (TPSA) is 0 Å². The molecule has 0 spiro atoms. The van der Waals surface area contributed by atoms with Crippen LogP contribution in [0.4, 0.5) is 0 Å². The Morgan fingerprint density at radius 3 is 1.71 bits per heavy atom. The van der Waals surface area contributed by atoms with Crippen LogP contribution in [0.1, 0.15) is 96.0 Å². The molecule has 174 valence electrons. The fourth-order valence-electron chi connectivity index (χ4n) is 5.83. The molecule has 2 aliphatic rings. The molecule has 34 heavy (non-hydrogen) atoms. The van der Waals surface area contributed by atoms with Crippen molar-refractivity contribution >= 4 is 9.28 Å². The van der Waals surface area contributed by atoms with Gasteiger partial charge in [0.2, 0.25) is 0 Å². The molecule has 3 aromatic rings. The summed E-state index contributed by atoms with van der Waals surface area (Å²) in [5, 5.41) is 0. The van der Waals surface area contributed by atoms with E-state index in [0.29, 0.717) is 7.25 Å². The zero-order valence-corrected chi connectivity index (χ0v) is 24.5. The zero-order chi connectivity index (χ0) is 24.4. The van der Waals surface area contributed by atoms with Gasteiger partial charge < -0.3 is 0 Å². The van der Waals surface area contributed by atoms with Crippen LogP contribution in [0.25, 0.3) is 17.2 Å². The quantitative estimate of drug-likeness (QED) is 0.313. The predicted molar refractivity (Wildman–Crippen MR) is 146 cm³/mol. The molecule has 0 radical (unpaired) electrons. The van der Waals surface area contributed by atoms with E-state index >= 15 is 0 Å². The van der Waals surface area contributed by atoms with E-state index in [2.05, 4.69) is 128 Å². The summed E-state index contributed by atoms with van der Waals surface area (Å²) in [5.41, 5.74) is 12.4. The molecule has 0 N–H and O–H groups in total. The van der Waals surface area contributed by atoms with E-state index in [4.69, 9.17) is 0 Å². The number of fused-ring (bicyclic) bond motifs is 4. The Hall–Kier alpha value is -1.85. The minimum absolute atomic E-state index is 0.152. The molecule has 0 saturated heterocycles. The van der Waals surface area contributed by atoms with Crippen molar-refractivity contribution in [2.75, 3.05) is 0 Å². The summed E-state index contributed by atoms with van der Waals surface area (Å²) in [4.78, 5) is 0. The molecule has 2 aliphatic carbocycles. The first-order valence-electron chi connectivity index (χ1n) is 12.7. The number of hydrogen-bond donors (Lipinski definition) is 0. The molecule has 0 saturated carbocycles. The fraction of sp³-hybridized carbons (Fsp3) is 0.364. The van der Waals surface area contributed by atoms with Gasteiger partial charge in [-0.1, -0.05) is 0 Å². The summed E-state index contributed by atoms with van der Waals surface area (Å²) in [6.07, 6.45) is 4.93. The molecule has 0 amide bonds. The van der Waals surface area contributed by atoms with E-state index in [1.807, 2.05) is 0 Å². The van der Waals surface area contributed by atoms with Gasteiger partial charge in [0.1, 0.15) is 0 Å². The Kier molecular flexibility index (Phi) is 5.88. The standard InChI is InChI=1S/C21H25.C9H7.C3H6.Zr/c1-20(2,3)16-7-9-18-14(12-16)11-15-13-17(21(4,5)6)8-10-19(15)18;1-2-5-9-7-3-6-8(9)4-1;1-3-2;/h7-13H,1-6H3;1-7H;1-2H3;. The van der Waals surface area contributed by atoms with Crippen LogP contribution in [0.5, 0.6) is 0 Å². The van der Waals surface area contributed by atoms with Gasteiger partial charge in [-0.25, -0.2) is 0 Å². The molecule has 1 heteroatoms. The number of allylic oxidation sites excluding steroid dienone is 1. The number of hydrogen-bond acceptors (Lipinski definition) is 0. The van der Waals surface area contributed by atoms with Gasteiger partial charge in [-0.2, -0.15) is 0 Å². The summed E-state index contributed by atoms with van der Waals surface area (Å²) in [5.74, 6) is 0. The van der Waals surface area contributed by atoms with E-state index in [0.717, 1.165) is 0 Å². The normalized spacial score (nSPS) is 16.9. The molecule has 1 unspecified atom stereocenters. The van der Waals surface area contributed by atoms with Crippen LogP contribution in [0.15, 0.2) is 66.7 Å². The maximum atomic E-state index is 2.57. The van der Waals surface area contributed by atoms with Crippen LogP contribution >= 0.6 is 0 Å². The Bertz CT molecular complexity index is 1270. The second kappa shape index (κ2) is 8.38. The van der Waals surface area contributed by atoms with Crippen molar-refractivity contribution < 1.29 is 21.3 Å². The van der Waals surface area contributed by atoms with E-state index in [9.17, 15) is 0 Å². The summed E-state index contributed by atoms with van der Waals surface area (Å²) in [7, 11) is 0. The van der Waals surface area contributed by atoms with Crippen LogP contribution in [0.3, 0.4) is 0 Å². The molecule has 0 bridgehead atoms. The molecular formula is C33H38Zr. The van der Waals surface area contributed by atoms with Gasteiger partial charge in [0, 0.05) is 0 Å².